The van der Waals surface area contributed by atoms with Gasteiger partial charge in [-0.05, 0) is 0 Å². The molecule has 0 N–H and O–H groups in total. The van der Waals surface area contributed by atoms with Crippen LogP contribution in [0.25, 0.3) is 0 Å². The van der Waals surface area contributed by atoms with E-state index in [9.17, 15) is 0 Å². The third kappa shape index (κ3) is 7.86. The van der Waals surface area contributed by atoms with Crippen molar-refractivity contribution < 1.29 is 30.8 Å². The molecule has 152 valence electrons. The number of hydrogen-bond acceptors (Lipinski definition) is 4. The molecule has 0 saturated heterocycles. The third-order valence-corrected chi connectivity index (χ3v) is 22.8. The maximum absolute atomic E-state index is 6.93. The van der Waals surface area contributed by atoms with Crippen molar-refractivity contribution in [3.8, 4) is 0 Å². The van der Waals surface area contributed by atoms with Crippen molar-refractivity contribution in [3.05, 3.63) is 0 Å². The Kier molecular flexibility index (Phi) is 13.7. The van der Waals surface area contributed by atoms with Gasteiger partial charge in [0.15, 0.2) is 0 Å². The first kappa shape index (κ1) is 26.0. The molecule has 0 aliphatic heterocycles. The molecule has 0 rings (SSSR count). The summed E-state index contributed by atoms with van der Waals surface area (Å²) in [6.45, 7) is 19.2. The first-order valence-electron chi connectivity index (χ1n) is 10.6. The second-order valence-corrected chi connectivity index (χ2v) is 20.6. The van der Waals surface area contributed by atoms with Crippen LogP contribution in [0.4, 0.5) is 0 Å². The molecule has 0 radical (unpaired) electrons. The molecule has 0 aliphatic rings. The van der Waals surface area contributed by atoms with Gasteiger partial charge in [0.2, 0.25) is 0 Å². The Morgan fingerprint density at radius 1 is 0.520 bits per heavy atom. The fourth-order valence-corrected chi connectivity index (χ4v) is 20.7. The molecule has 0 atom stereocenters. The standard InChI is InChI=1S/2C6H15OSi.2C3H7O.Ti/c2*1-4-8(7,5-2)6-3;2*1-2-3-4;/h2*4-6H2,1-3H3;2*2-3H2,1H3;/q4*-1;+4. The van der Waals surface area contributed by atoms with Gasteiger partial charge in [-0.15, -0.1) is 0 Å². The summed E-state index contributed by atoms with van der Waals surface area (Å²) in [4.78, 5) is 0. The van der Waals surface area contributed by atoms with Crippen molar-refractivity contribution >= 4 is 16.6 Å². The van der Waals surface area contributed by atoms with Crippen molar-refractivity contribution in [2.24, 2.45) is 0 Å². The van der Waals surface area contributed by atoms with Gasteiger partial charge in [-0.2, -0.15) is 0 Å². The summed E-state index contributed by atoms with van der Waals surface area (Å²) in [7, 11) is -3.72. The molecule has 0 aromatic carbocycles. The van der Waals surface area contributed by atoms with Crippen molar-refractivity contribution in [1.82, 2.24) is 0 Å². The van der Waals surface area contributed by atoms with Crippen LogP contribution >= 0.6 is 0 Å². The van der Waals surface area contributed by atoms with Crippen molar-refractivity contribution in [3.63, 3.8) is 0 Å². The van der Waals surface area contributed by atoms with Crippen LogP contribution in [-0.2, 0) is 30.8 Å². The van der Waals surface area contributed by atoms with E-state index >= 15 is 0 Å². The Bertz CT molecular complexity index is 289. The molecule has 0 heterocycles. The van der Waals surface area contributed by atoms with E-state index in [0.29, 0.717) is 13.2 Å². The van der Waals surface area contributed by atoms with E-state index in [0.717, 1.165) is 49.1 Å². The first-order valence-corrected chi connectivity index (χ1v) is 18.2. The van der Waals surface area contributed by atoms with Gasteiger partial charge >= 0.3 is 165 Å². The molecule has 0 aliphatic carbocycles. The average Bonchev–Trinajstić information content (AvgIpc) is 2.67. The van der Waals surface area contributed by atoms with Crippen LogP contribution in [0.3, 0.4) is 0 Å². The molecule has 0 spiro atoms. The Labute approximate surface area is 164 Å². The van der Waals surface area contributed by atoms with Crippen LogP contribution in [0.2, 0.25) is 36.3 Å². The monoisotopic (exact) mass is 428 g/mol. The van der Waals surface area contributed by atoms with E-state index in [1.165, 1.54) is 0 Å². The molecular weight excluding hydrogens is 384 g/mol. The second-order valence-electron chi connectivity index (χ2n) is 6.89. The fourth-order valence-electron chi connectivity index (χ4n) is 3.10. The fraction of sp³-hybridized carbons (Fsp3) is 1.00. The van der Waals surface area contributed by atoms with Gasteiger partial charge in [-0.3, -0.25) is 0 Å². The summed E-state index contributed by atoms with van der Waals surface area (Å²) < 4.78 is 26.7. The Balaban J connectivity index is 5.83. The minimum atomic E-state index is -3.75. The van der Waals surface area contributed by atoms with Gasteiger partial charge in [-0.1, -0.05) is 0 Å². The molecule has 0 aromatic rings. The van der Waals surface area contributed by atoms with Gasteiger partial charge < -0.3 is 0 Å². The summed E-state index contributed by atoms with van der Waals surface area (Å²) in [6.07, 6.45) is 1.93. The molecule has 0 amide bonds. The van der Waals surface area contributed by atoms with Crippen LogP contribution in [0.15, 0.2) is 0 Å². The maximum atomic E-state index is 6.93. The Morgan fingerprint density at radius 2 is 0.800 bits per heavy atom. The summed E-state index contributed by atoms with van der Waals surface area (Å²) in [5.74, 6) is 0. The van der Waals surface area contributed by atoms with Crippen molar-refractivity contribution in [1.29, 1.82) is 0 Å². The van der Waals surface area contributed by atoms with Crippen LogP contribution in [0, 0.1) is 0 Å². The molecule has 0 aromatic heterocycles. The molecule has 0 unspecified atom stereocenters. The minimum absolute atomic E-state index is 0.674. The normalized spacial score (nSPS) is 13.4. The second kappa shape index (κ2) is 13.2. The van der Waals surface area contributed by atoms with Gasteiger partial charge in [0.05, 0.1) is 0 Å². The van der Waals surface area contributed by atoms with E-state index in [1.807, 2.05) is 0 Å². The van der Waals surface area contributed by atoms with Gasteiger partial charge in [-0.25, -0.2) is 0 Å². The van der Waals surface area contributed by atoms with E-state index in [2.05, 4.69) is 55.4 Å². The summed E-state index contributed by atoms with van der Waals surface area (Å²) in [6, 6.07) is 6.58. The number of rotatable bonds is 16. The van der Waals surface area contributed by atoms with Crippen LogP contribution < -0.4 is 0 Å². The molecular formula is C18H44O4Si2Ti. The van der Waals surface area contributed by atoms with Crippen LogP contribution in [-0.4, -0.2) is 29.8 Å². The Hall–Kier alpha value is 0.988. The zero-order valence-electron chi connectivity index (χ0n) is 18.2. The van der Waals surface area contributed by atoms with Gasteiger partial charge in [0.25, 0.3) is 0 Å². The molecule has 0 fully saturated rings. The van der Waals surface area contributed by atoms with E-state index in [4.69, 9.17) is 12.7 Å². The van der Waals surface area contributed by atoms with Crippen molar-refractivity contribution in [2.75, 3.05) is 13.2 Å². The topological polar surface area (TPSA) is 36.9 Å². The van der Waals surface area contributed by atoms with Crippen molar-refractivity contribution in [2.45, 2.75) is 104 Å². The predicted molar refractivity (Wildman–Crippen MR) is 109 cm³/mol. The zero-order chi connectivity index (χ0) is 19.4. The van der Waals surface area contributed by atoms with Crippen LogP contribution in [0.1, 0.15) is 68.2 Å². The molecule has 0 saturated carbocycles. The summed E-state index contributed by atoms with van der Waals surface area (Å²) in [5.41, 5.74) is 0. The zero-order valence-corrected chi connectivity index (χ0v) is 21.8. The molecule has 25 heavy (non-hydrogen) atoms. The molecule has 0 bridgehead atoms. The quantitative estimate of drug-likeness (QED) is 0.256. The Morgan fingerprint density at radius 3 is 1.00 bits per heavy atom. The van der Waals surface area contributed by atoms with Gasteiger partial charge in [0, 0.05) is 0 Å². The summed E-state index contributed by atoms with van der Waals surface area (Å²) in [5, 5.41) is 0. The SMILES string of the molecule is CCC[O][Ti]([O]CCC)([O][Si](CC)(CC)CC)[O][Si](CC)(CC)CC. The summed E-state index contributed by atoms with van der Waals surface area (Å²) >= 11 is -3.75. The van der Waals surface area contributed by atoms with E-state index in [-0.39, 0.29) is 0 Å². The van der Waals surface area contributed by atoms with Crippen LogP contribution in [0.5, 0.6) is 0 Å². The average molecular weight is 429 g/mol. The molecule has 7 heteroatoms. The molecule has 4 nitrogen and oxygen atoms in total. The third-order valence-electron chi connectivity index (χ3n) is 5.51. The van der Waals surface area contributed by atoms with Gasteiger partial charge in [0.1, 0.15) is 0 Å². The van der Waals surface area contributed by atoms with E-state index < -0.39 is 34.8 Å². The predicted octanol–water partition coefficient (Wildman–Crippen LogP) is 6.70. The number of hydrogen-bond donors (Lipinski definition) is 0. The first-order chi connectivity index (χ1) is 11.9. The van der Waals surface area contributed by atoms with E-state index in [1.54, 1.807) is 0 Å².